The molecule has 4 heterocycles. The lowest BCUT2D eigenvalue weighted by molar-refractivity contribution is -0.394. The third-order valence-corrected chi connectivity index (χ3v) is 8.91. The second-order valence-electron chi connectivity index (χ2n) is 14.8. The summed E-state index contributed by atoms with van der Waals surface area (Å²) in [6, 6.07) is 38.5. The Bertz CT molecular complexity index is 2500. The van der Waals surface area contributed by atoms with E-state index in [1.54, 1.807) is 0 Å². The van der Waals surface area contributed by atoms with Gasteiger partial charge in [0.05, 0.1) is 22.7 Å². The van der Waals surface area contributed by atoms with Crippen LogP contribution < -0.4 is 9.31 Å². The molecule has 1 aliphatic rings. The molecule has 7 aromatic rings. The van der Waals surface area contributed by atoms with E-state index >= 15 is 0 Å². The maximum absolute atomic E-state index is 6.92. The predicted molar refractivity (Wildman–Crippen MR) is 200 cm³/mol. The van der Waals surface area contributed by atoms with Crippen LogP contribution in [0.3, 0.4) is 0 Å². The summed E-state index contributed by atoms with van der Waals surface area (Å²) in [5.41, 5.74) is 5.31. The van der Waals surface area contributed by atoms with Gasteiger partial charge in [-0.25, -0.2) is 19.9 Å². The Balaban J connectivity index is 1.37. The highest BCUT2D eigenvalue weighted by Crippen LogP contribution is 2.42. The number of hydrogen-bond donors (Lipinski definition) is 0. The quantitative estimate of drug-likeness (QED) is 0.172. The molecular weight excluding hydrogens is 619 g/mol. The van der Waals surface area contributed by atoms with Gasteiger partial charge >= 0.3 is 6.01 Å². The van der Waals surface area contributed by atoms with Gasteiger partial charge in [-0.1, -0.05) is 88.6 Å². The highest BCUT2D eigenvalue weighted by molar-refractivity contribution is 6.11. The van der Waals surface area contributed by atoms with E-state index in [-0.39, 0.29) is 10.8 Å². The minimum Gasteiger partial charge on any atom is -0.456 e. The van der Waals surface area contributed by atoms with E-state index < -0.39 is 0 Å². The normalized spacial score (nSPS) is 13.0. The molecule has 50 heavy (non-hydrogen) atoms. The van der Waals surface area contributed by atoms with Crippen LogP contribution in [0.5, 0.6) is 11.5 Å². The maximum Gasteiger partial charge on any atom is 0.496 e. The molecule has 0 saturated carbocycles. The highest BCUT2D eigenvalue weighted by Gasteiger charge is 2.33. The Morgan fingerprint density at radius 2 is 1.36 bits per heavy atom. The van der Waals surface area contributed by atoms with Crippen LogP contribution in [0.2, 0.25) is 0 Å². The molecule has 8 nitrogen and oxygen atoms in total. The fraction of sp³-hybridized carbons (Fsp3) is 0.214. The molecule has 1 aliphatic heterocycles. The molecule has 0 bridgehead atoms. The summed E-state index contributed by atoms with van der Waals surface area (Å²) in [5, 5.41) is 2.16. The smallest absolute Gasteiger partial charge is 0.456 e. The molecule has 0 atom stereocenters. The van der Waals surface area contributed by atoms with Crippen molar-refractivity contribution in [1.29, 1.82) is 0 Å². The summed E-state index contributed by atoms with van der Waals surface area (Å²) in [7, 11) is 2.01. The van der Waals surface area contributed by atoms with Crippen molar-refractivity contribution in [3.63, 3.8) is 0 Å². The van der Waals surface area contributed by atoms with Crippen molar-refractivity contribution in [2.75, 3.05) is 7.05 Å². The monoisotopic (exact) mass is 657 g/mol. The van der Waals surface area contributed by atoms with E-state index in [0.717, 1.165) is 61.9 Å². The third kappa shape index (κ3) is 5.44. The number of para-hydroxylation sites is 3. The molecule has 0 fully saturated rings. The van der Waals surface area contributed by atoms with Gasteiger partial charge in [-0.15, -0.1) is 0 Å². The molecule has 0 unspecified atom stereocenters. The van der Waals surface area contributed by atoms with E-state index in [1.807, 2.05) is 66.4 Å². The van der Waals surface area contributed by atoms with Gasteiger partial charge in [-0.2, -0.15) is 0 Å². The van der Waals surface area contributed by atoms with Gasteiger partial charge in [0, 0.05) is 52.1 Å². The van der Waals surface area contributed by atoms with Gasteiger partial charge in [-0.05, 0) is 34.9 Å². The van der Waals surface area contributed by atoms with Gasteiger partial charge in [0.25, 0.3) is 11.4 Å². The SMILES string of the molecule is C[N+]1=C=[N+](c2cccc(Oc3cc4c(cc3-c3nc(C(C)(C)C)nc(C(C)(C)C)n3)c3ccccc3n4-c3ccccn3)c2)c2ccccc21. The van der Waals surface area contributed by atoms with Gasteiger partial charge < -0.3 is 4.74 Å². The topological polar surface area (TPSA) is 71.7 Å². The van der Waals surface area contributed by atoms with Crippen molar-refractivity contribution in [3.8, 4) is 28.7 Å². The van der Waals surface area contributed by atoms with Crippen LogP contribution in [-0.2, 0) is 10.8 Å². The number of benzene rings is 4. The van der Waals surface area contributed by atoms with Crippen LogP contribution in [0.15, 0.2) is 109 Å². The van der Waals surface area contributed by atoms with Crippen LogP contribution in [0.1, 0.15) is 53.2 Å². The van der Waals surface area contributed by atoms with Crippen LogP contribution in [0, 0.1) is 0 Å². The van der Waals surface area contributed by atoms with Crippen molar-refractivity contribution in [3.05, 3.63) is 121 Å². The lowest BCUT2D eigenvalue weighted by Gasteiger charge is -2.23. The van der Waals surface area contributed by atoms with Crippen LogP contribution in [0.25, 0.3) is 39.0 Å². The summed E-state index contributed by atoms with van der Waals surface area (Å²) < 4.78 is 13.2. The number of aromatic nitrogens is 5. The largest absolute Gasteiger partial charge is 0.496 e. The second-order valence-corrected chi connectivity index (χ2v) is 14.8. The average Bonchev–Trinajstić information content (AvgIpc) is 3.61. The lowest BCUT2D eigenvalue weighted by atomic mass is 9.93. The molecule has 0 saturated heterocycles. The molecule has 0 N–H and O–H groups in total. The van der Waals surface area contributed by atoms with Crippen LogP contribution in [0.4, 0.5) is 17.1 Å². The molecule has 0 aliphatic carbocycles. The van der Waals surface area contributed by atoms with E-state index in [4.69, 9.17) is 24.7 Å². The van der Waals surface area contributed by atoms with Crippen molar-refractivity contribution < 1.29 is 9.31 Å². The Morgan fingerprint density at radius 1 is 0.660 bits per heavy atom. The van der Waals surface area contributed by atoms with E-state index in [2.05, 4.69) is 111 Å². The average molecular weight is 658 g/mol. The standard InChI is InChI=1S/C42H39N7O/c1-41(2,3)39-44-38(45-40(46-39)42(4,5)6)31-24-30-29-17-8-9-18-32(29)49(37-21-12-13-22-43-37)35(30)25-36(31)50-28-16-14-15-27(23-28)48-26-47(7)33-19-10-11-20-34(33)48/h8-25H,1-7H3/q+2. The summed E-state index contributed by atoms with van der Waals surface area (Å²) in [6.07, 6.45) is 1.82. The molecule has 8 heteroatoms. The molecule has 3 aromatic heterocycles. The van der Waals surface area contributed by atoms with E-state index in [0.29, 0.717) is 17.3 Å². The molecule has 0 amide bonds. The van der Waals surface area contributed by atoms with Gasteiger partial charge in [-0.3, -0.25) is 4.57 Å². The third-order valence-electron chi connectivity index (χ3n) is 8.91. The zero-order valence-electron chi connectivity index (χ0n) is 29.4. The highest BCUT2D eigenvalue weighted by atomic mass is 16.5. The number of ether oxygens (including phenoxy) is 1. The second kappa shape index (κ2) is 11.6. The predicted octanol–water partition coefficient (Wildman–Crippen LogP) is 9.71. The summed E-state index contributed by atoms with van der Waals surface area (Å²) in [4.78, 5) is 19.9. The summed E-state index contributed by atoms with van der Waals surface area (Å²) in [6.45, 7) is 12.8. The minimum absolute atomic E-state index is 0.293. The van der Waals surface area contributed by atoms with Crippen LogP contribution in [-0.4, -0.2) is 42.1 Å². The number of nitrogens with zero attached hydrogens (tertiary/aromatic N) is 7. The Kier molecular flexibility index (Phi) is 7.24. The first-order valence-corrected chi connectivity index (χ1v) is 16.9. The van der Waals surface area contributed by atoms with E-state index in [1.165, 1.54) is 0 Å². The minimum atomic E-state index is -0.293. The van der Waals surface area contributed by atoms with Gasteiger partial charge in [0.2, 0.25) is 5.69 Å². The number of pyridine rings is 1. The lowest BCUT2D eigenvalue weighted by Crippen LogP contribution is -2.24. The first-order valence-electron chi connectivity index (χ1n) is 16.9. The number of hydrogen-bond acceptors (Lipinski definition) is 5. The van der Waals surface area contributed by atoms with Crippen molar-refractivity contribution in [1.82, 2.24) is 29.1 Å². The Morgan fingerprint density at radius 3 is 2.08 bits per heavy atom. The first kappa shape index (κ1) is 31.3. The fourth-order valence-corrected chi connectivity index (χ4v) is 6.36. The first-order chi connectivity index (χ1) is 24.0. The Hall–Kier alpha value is -5.98. The fourth-order valence-electron chi connectivity index (χ4n) is 6.36. The molecule has 0 radical (unpaired) electrons. The van der Waals surface area contributed by atoms with E-state index in [9.17, 15) is 0 Å². The molecule has 246 valence electrons. The molecular formula is C42H39N7O+2. The van der Waals surface area contributed by atoms with Crippen molar-refractivity contribution in [2.45, 2.75) is 52.4 Å². The molecule has 8 rings (SSSR count). The molecule has 4 aromatic carbocycles. The van der Waals surface area contributed by atoms with Crippen molar-refractivity contribution in [2.24, 2.45) is 0 Å². The maximum atomic E-state index is 6.92. The summed E-state index contributed by atoms with van der Waals surface area (Å²) in [5.74, 6) is 4.19. The summed E-state index contributed by atoms with van der Waals surface area (Å²) >= 11 is 0. The van der Waals surface area contributed by atoms with Gasteiger partial charge in [0.1, 0.15) is 29.0 Å². The van der Waals surface area contributed by atoms with Crippen LogP contribution >= 0.6 is 0 Å². The molecule has 0 spiro atoms. The zero-order valence-corrected chi connectivity index (χ0v) is 29.4. The van der Waals surface area contributed by atoms with Gasteiger partial charge in [0.15, 0.2) is 12.9 Å². The number of fused-ring (bicyclic) bond motifs is 4. The zero-order chi connectivity index (χ0) is 34.8. The van der Waals surface area contributed by atoms with Crippen molar-refractivity contribution >= 4 is 44.9 Å². The number of rotatable bonds is 5. The Labute approximate surface area is 291 Å².